The van der Waals surface area contributed by atoms with Crippen molar-refractivity contribution in [1.82, 2.24) is 0 Å². The van der Waals surface area contributed by atoms with E-state index in [0.717, 1.165) is 32.3 Å². The molecular weight excluding hydrogens is 464 g/mol. The fourth-order valence-corrected chi connectivity index (χ4v) is 5.70. The molecule has 1 N–H and O–H groups in total. The fourth-order valence-electron chi connectivity index (χ4n) is 5.70. The van der Waals surface area contributed by atoms with E-state index in [4.69, 9.17) is 4.74 Å². The second-order valence-electron chi connectivity index (χ2n) is 12.4. The Kier molecular flexibility index (Phi) is 33.1. The monoisotopic (exact) mass is 539 g/mol. The third-order valence-electron chi connectivity index (χ3n) is 8.45. The Morgan fingerprint density at radius 1 is 0.368 bits per heavy atom. The van der Waals surface area contributed by atoms with Gasteiger partial charge in [0.15, 0.2) is 0 Å². The fraction of sp³-hybridized carbons (Fsp3) is 1.00. The van der Waals surface area contributed by atoms with E-state index in [2.05, 4.69) is 20.8 Å². The Morgan fingerprint density at radius 3 is 1.05 bits per heavy atom. The highest BCUT2D eigenvalue weighted by molar-refractivity contribution is 4.70. The zero-order valence-electron chi connectivity index (χ0n) is 26.9. The zero-order valence-corrected chi connectivity index (χ0v) is 26.9. The molecule has 2 heteroatoms. The Bertz CT molecular complexity index is 410. The van der Waals surface area contributed by atoms with E-state index < -0.39 is 0 Å². The molecule has 0 radical (unpaired) electrons. The van der Waals surface area contributed by atoms with Gasteiger partial charge >= 0.3 is 0 Å². The van der Waals surface area contributed by atoms with Crippen LogP contribution in [-0.2, 0) is 4.74 Å². The summed E-state index contributed by atoms with van der Waals surface area (Å²) in [6, 6.07) is 0. The van der Waals surface area contributed by atoms with E-state index in [1.165, 1.54) is 167 Å². The van der Waals surface area contributed by atoms with Crippen LogP contribution < -0.4 is 0 Å². The number of rotatable bonds is 33. The maximum atomic E-state index is 10.8. The minimum atomic E-state index is -0.267. The molecule has 0 aliphatic heterocycles. The molecule has 0 amide bonds. The third-order valence-corrected chi connectivity index (χ3v) is 8.45. The summed E-state index contributed by atoms with van der Waals surface area (Å²) in [5.74, 6) is 0. The summed E-state index contributed by atoms with van der Waals surface area (Å²) in [7, 11) is 0. The van der Waals surface area contributed by atoms with Crippen molar-refractivity contribution in [2.75, 3.05) is 6.61 Å². The number of hydrogen-bond donors (Lipinski definition) is 1. The summed E-state index contributed by atoms with van der Waals surface area (Å²) in [6.07, 6.45) is 40.0. The highest BCUT2D eigenvalue weighted by atomic mass is 16.5. The van der Waals surface area contributed by atoms with E-state index in [0.29, 0.717) is 0 Å². The van der Waals surface area contributed by atoms with Crippen LogP contribution in [0.4, 0.5) is 0 Å². The molecule has 38 heavy (non-hydrogen) atoms. The highest BCUT2D eigenvalue weighted by Gasteiger charge is 2.18. The van der Waals surface area contributed by atoms with Gasteiger partial charge in [-0.25, -0.2) is 0 Å². The summed E-state index contributed by atoms with van der Waals surface area (Å²) in [5, 5.41) is 10.8. The van der Waals surface area contributed by atoms with Crippen molar-refractivity contribution in [3.63, 3.8) is 0 Å². The zero-order chi connectivity index (χ0) is 27.8. The van der Waals surface area contributed by atoms with Gasteiger partial charge in [-0.15, -0.1) is 0 Å². The first-order valence-corrected chi connectivity index (χ1v) is 18.1. The average Bonchev–Trinajstić information content (AvgIpc) is 2.93. The van der Waals surface area contributed by atoms with E-state index in [-0.39, 0.29) is 12.2 Å². The quantitative estimate of drug-likeness (QED) is 0.0842. The lowest BCUT2D eigenvalue weighted by atomic mass is 10.00. The molecule has 0 aromatic rings. The Morgan fingerprint density at radius 2 is 0.684 bits per heavy atom. The summed E-state index contributed by atoms with van der Waals surface area (Å²) < 4.78 is 6.22. The summed E-state index contributed by atoms with van der Waals surface area (Å²) in [5.41, 5.74) is 0. The number of aliphatic hydroxyl groups is 1. The molecule has 2 atom stereocenters. The van der Waals surface area contributed by atoms with Crippen LogP contribution in [0.2, 0.25) is 0 Å². The first-order chi connectivity index (χ1) is 18.8. The molecule has 2 nitrogen and oxygen atoms in total. The van der Waals surface area contributed by atoms with Crippen LogP contribution in [0.5, 0.6) is 0 Å². The van der Waals surface area contributed by atoms with Crippen LogP contribution in [0.1, 0.15) is 213 Å². The lowest BCUT2D eigenvalue weighted by Crippen LogP contribution is -2.29. The first-order valence-electron chi connectivity index (χ1n) is 18.1. The topological polar surface area (TPSA) is 29.5 Å². The molecule has 0 aromatic heterocycles. The maximum Gasteiger partial charge on any atom is 0.0833 e. The molecule has 0 heterocycles. The SMILES string of the molecule is CCCCCCCCCCCCCCCCCCOC(CCCC)C(O)CCCCCCCCCCCC. The predicted octanol–water partition coefficient (Wildman–Crippen LogP) is 12.5. The average molecular weight is 539 g/mol. The molecule has 0 fully saturated rings. The van der Waals surface area contributed by atoms with Gasteiger partial charge in [0.25, 0.3) is 0 Å². The molecule has 0 saturated carbocycles. The molecule has 0 bridgehead atoms. The molecule has 0 saturated heterocycles. The van der Waals surface area contributed by atoms with Crippen LogP contribution in [0.15, 0.2) is 0 Å². The molecule has 0 spiro atoms. The molecule has 0 aliphatic carbocycles. The third kappa shape index (κ3) is 28.9. The maximum absolute atomic E-state index is 10.8. The lowest BCUT2D eigenvalue weighted by Gasteiger charge is -2.23. The largest absolute Gasteiger partial charge is 0.390 e. The summed E-state index contributed by atoms with van der Waals surface area (Å²) in [6.45, 7) is 7.66. The summed E-state index contributed by atoms with van der Waals surface area (Å²) in [4.78, 5) is 0. The minimum absolute atomic E-state index is 0.0601. The van der Waals surface area contributed by atoms with Gasteiger partial charge in [-0.1, -0.05) is 194 Å². The van der Waals surface area contributed by atoms with E-state index in [1.54, 1.807) is 0 Å². The van der Waals surface area contributed by atoms with Gasteiger partial charge in [0.2, 0.25) is 0 Å². The minimum Gasteiger partial charge on any atom is -0.390 e. The first kappa shape index (κ1) is 37.9. The van der Waals surface area contributed by atoms with Crippen LogP contribution in [0, 0.1) is 0 Å². The number of aliphatic hydroxyl groups excluding tert-OH is 1. The van der Waals surface area contributed by atoms with Crippen LogP contribution in [-0.4, -0.2) is 23.9 Å². The van der Waals surface area contributed by atoms with Gasteiger partial charge in [0, 0.05) is 6.61 Å². The smallest absolute Gasteiger partial charge is 0.0833 e. The van der Waals surface area contributed by atoms with Crippen molar-refractivity contribution in [3.05, 3.63) is 0 Å². The molecule has 0 rings (SSSR count). The molecule has 0 aliphatic rings. The highest BCUT2D eigenvalue weighted by Crippen LogP contribution is 2.18. The second kappa shape index (κ2) is 33.1. The van der Waals surface area contributed by atoms with Crippen molar-refractivity contribution >= 4 is 0 Å². The van der Waals surface area contributed by atoms with Crippen molar-refractivity contribution in [2.24, 2.45) is 0 Å². The van der Waals surface area contributed by atoms with Gasteiger partial charge in [0.05, 0.1) is 12.2 Å². The Hall–Kier alpha value is -0.0800. The molecule has 0 aromatic carbocycles. The van der Waals surface area contributed by atoms with Gasteiger partial charge in [0.1, 0.15) is 0 Å². The second-order valence-corrected chi connectivity index (χ2v) is 12.4. The lowest BCUT2D eigenvalue weighted by molar-refractivity contribution is -0.0472. The van der Waals surface area contributed by atoms with Crippen LogP contribution in [0.25, 0.3) is 0 Å². The van der Waals surface area contributed by atoms with Crippen molar-refractivity contribution in [1.29, 1.82) is 0 Å². The standard InChI is InChI=1S/C36H74O2/c1-4-7-10-12-14-16-18-19-20-21-22-23-25-27-29-31-34-38-36(33-9-6-3)35(37)32-30-28-26-24-17-15-13-11-8-5-2/h35-37H,4-34H2,1-3H3. The van der Waals surface area contributed by atoms with Gasteiger partial charge in [-0.3, -0.25) is 0 Å². The predicted molar refractivity (Wildman–Crippen MR) is 171 cm³/mol. The Labute approximate surface area is 241 Å². The normalized spacial score (nSPS) is 13.3. The van der Waals surface area contributed by atoms with Gasteiger partial charge in [-0.2, -0.15) is 0 Å². The number of hydrogen-bond acceptors (Lipinski definition) is 2. The van der Waals surface area contributed by atoms with Crippen LogP contribution in [0.3, 0.4) is 0 Å². The van der Waals surface area contributed by atoms with Crippen molar-refractivity contribution in [3.8, 4) is 0 Å². The molecular formula is C36H74O2. The van der Waals surface area contributed by atoms with Crippen molar-refractivity contribution < 1.29 is 9.84 Å². The van der Waals surface area contributed by atoms with Crippen molar-refractivity contribution in [2.45, 2.75) is 226 Å². The van der Waals surface area contributed by atoms with E-state index >= 15 is 0 Å². The van der Waals surface area contributed by atoms with Gasteiger partial charge < -0.3 is 9.84 Å². The Balaban J connectivity index is 3.58. The van der Waals surface area contributed by atoms with E-state index in [1.807, 2.05) is 0 Å². The summed E-state index contributed by atoms with van der Waals surface area (Å²) >= 11 is 0. The molecule has 230 valence electrons. The van der Waals surface area contributed by atoms with E-state index in [9.17, 15) is 5.11 Å². The molecule has 2 unspecified atom stereocenters. The van der Waals surface area contributed by atoms with Crippen LogP contribution >= 0.6 is 0 Å². The number of ether oxygens (including phenoxy) is 1. The number of unbranched alkanes of at least 4 members (excludes halogenated alkanes) is 25. The van der Waals surface area contributed by atoms with Gasteiger partial charge in [-0.05, 0) is 19.3 Å².